The molecule has 0 saturated heterocycles. The molecule has 1 aromatic carbocycles. The highest BCUT2D eigenvalue weighted by molar-refractivity contribution is 5.76. The van der Waals surface area contributed by atoms with Gasteiger partial charge in [0.05, 0.1) is 27.2 Å². The summed E-state index contributed by atoms with van der Waals surface area (Å²) in [4.78, 5) is 15.9. The number of nitrogens with zero attached hydrogens (tertiary/aromatic N) is 1. The van der Waals surface area contributed by atoms with E-state index in [1.165, 1.54) is 0 Å². The zero-order valence-corrected chi connectivity index (χ0v) is 13.2. The number of carbonyl (C=O) groups excluding carboxylic acids is 1. The van der Waals surface area contributed by atoms with Crippen molar-refractivity contribution in [3.8, 4) is 17.4 Å². The van der Waals surface area contributed by atoms with Crippen LogP contribution < -0.4 is 19.5 Å². The van der Waals surface area contributed by atoms with E-state index in [-0.39, 0.29) is 18.9 Å². The Labute approximate surface area is 135 Å². The van der Waals surface area contributed by atoms with Crippen LogP contribution in [0, 0.1) is 0 Å². The lowest BCUT2D eigenvalue weighted by Crippen LogP contribution is -2.24. The minimum Gasteiger partial charge on any atom is -0.493 e. The van der Waals surface area contributed by atoms with Gasteiger partial charge in [0.15, 0.2) is 11.5 Å². The van der Waals surface area contributed by atoms with Gasteiger partial charge in [-0.25, -0.2) is 4.98 Å². The number of pyridine rings is 1. The van der Waals surface area contributed by atoms with Gasteiger partial charge >= 0.3 is 0 Å². The van der Waals surface area contributed by atoms with E-state index in [0.29, 0.717) is 23.9 Å². The summed E-state index contributed by atoms with van der Waals surface area (Å²) in [6.07, 6.45) is 1.94. The van der Waals surface area contributed by atoms with Crippen molar-refractivity contribution in [2.24, 2.45) is 0 Å². The molecule has 0 fully saturated rings. The number of carbonyl (C=O) groups is 1. The van der Waals surface area contributed by atoms with E-state index >= 15 is 0 Å². The smallest absolute Gasteiger partial charge is 0.223 e. The molecule has 1 amide bonds. The van der Waals surface area contributed by atoms with Crippen LogP contribution >= 0.6 is 0 Å². The fraction of sp³-hybridized carbons (Fsp3) is 0.294. The topological polar surface area (TPSA) is 69.7 Å². The Hall–Kier alpha value is -2.76. The largest absolute Gasteiger partial charge is 0.493 e. The third-order valence-corrected chi connectivity index (χ3v) is 3.15. The lowest BCUT2D eigenvalue weighted by atomic mass is 10.3. The Morgan fingerprint density at radius 1 is 1.09 bits per heavy atom. The molecule has 0 spiro atoms. The first-order chi connectivity index (χ1) is 11.2. The van der Waals surface area contributed by atoms with E-state index in [2.05, 4.69) is 10.3 Å². The van der Waals surface area contributed by atoms with Gasteiger partial charge in [-0.05, 0) is 17.7 Å². The number of rotatable bonds is 8. The normalized spacial score (nSPS) is 10.0. The van der Waals surface area contributed by atoms with Gasteiger partial charge in [-0.3, -0.25) is 4.79 Å². The predicted molar refractivity (Wildman–Crippen MR) is 85.7 cm³/mol. The van der Waals surface area contributed by atoms with Gasteiger partial charge in [-0.15, -0.1) is 0 Å². The molecule has 1 aromatic heterocycles. The summed E-state index contributed by atoms with van der Waals surface area (Å²) >= 11 is 0. The predicted octanol–water partition coefficient (Wildman–Crippen LogP) is 2.18. The number of para-hydroxylation sites is 2. The Kier molecular flexibility index (Phi) is 6.23. The number of hydrogen-bond acceptors (Lipinski definition) is 5. The maximum Gasteiger partial charge on any atom is 0.223 e. The summed E-state index contributed by atoms with van der Waals surface area (Å²) in [5.74, 6) is 1.74. The summed E-state index contributed by atoms with van der Waals surface area (Å²) in [6.45, 7) is 0.706. The van der Waals surface area contributed by atoms with Crippen LogP contribution in [0.3, 0.4) is 0 Å². The molecule has 6 nitrogen and oxygen atoms in total. The summed E-state index contributed by atoms with van der Waals surface area (Å²) in [5.41, 5.74) is 0.907. The number of nitrogens with one attached hydrogen (secondary N) is 1. The molecule has 6 heteroatoms. The van der Waals surface area contributed by atoms with Crippen LogP contribution in [0.4, 0.5) is 0 Å². The van der Waals surface area contributed by atoms with Crippen LogP contribution in [0.5, 0.6) is 17.4 Å². The number of amides is 1. The molecule has 122 valence electrons. The van der Waals surface area contributed by atoms with E-state index in [0.717, 1.165) is 5.56 Å². The van der Waals surface area contributed by atoms with Crippen LogP contribution in [-0.2, 0) is 11.3 Å². The molecule has 0 radical (unpaired) electrons. The molecule has 0 aliphatic rings. The maximum absolute atomic E-state index is 11.8. The summed E-state index contributed by atoms with van der Waals surface area (Å²) < 4.78 is 15.7. The van der Waals surface area contributed by atoms with Crippen LogP contribution in [0.15, 0.2) is 42.6 Å². The fourth-order valence-corrected chi connectivity index (χ4v) is 1.92. The van der Waals surface area contributed by atoms with E-state index in [4.69, 9.17) is 14.2 Å². The van der Waals surface area contributed by atoms with Gasteiger partial charge in [0.2, 0.25) is 11.8 Å². The summed E-state index contributed by atoms with van der Waals surface area (Å²) in [5, 5.41) is 2.82. The molecule has 23 heavy (non-hydrogen) atoms. The molecule has 2 aromatic rings. The summed E-state index contributed by atoms with van der Waals surface area (Å²) in [6, 6.07) is 10.9. The molecular formula is C17H20N2O4. The van der Waals surface area contributed by atoms with E-state index in [9.17, 15) is 4.79 Å². The number of methoxy groups -OCH3 is 2. The molecule has 0 bridgehead atoms. The molecule has 1 N–H and O–H groups in total. The molecule has 0 aliphatic heterocycles. The summed E-state index contributed by atoms with van der Waals surface area (Å²) in [7, 11) is 3.14. The molecule has 0 atom stereocenters. The van der Waals surface area contributed by atoms with Crippen LogP contribution in [-0.4, -0.2) is 31.7 Å². The van der Waals surface area contributed by atoms with Crippen molar-refractivity contribution in [3.63, 3.8) is 0 Å². The zero-order chi connectivity index (χ0) is 16.5. The van der Waals surface area contributed by atoms with E-state index < -0.39 is 0 Å². The second-order valence-electron chi connectivity index (χ2n) is 4.73. The Morgan fingerprint density at radius 2 is 1.87 bits per heavy atom. The van der Waals surface area contributed by atoms with Crippen LogP contribution in [0.25, 0.3) is 0 Å². The highest BCUT2D eigenvalue weighted by Gasteiger charge is 2.05. The third kappa shape index (κ3) is 5.18. The van der Waals surface area contributed by atoms with E-state index in [1.807, 2.05) is 24.3 Å². The fourth-order valence-electron chi connectivity index (χ4n) is 1.92. The van der Waals surface area contributed by atoms with Gasteiger partial charge < -0.3 is 19.5 Å². The Bertz CT molecular complexity index is 629. The van der Waals surface area contributed by atoms with Crippen molar-refractivity contribution in [1.82, 2.24) is 10.3 Å². The van der Waals surface area contributed by atoms with Crippen LogP contribution in [0.2, 0.25) is 0 Å². The Morgan fingerprint density at radius 3 is 2.52 bits per heavy atom. The average molecular weight is 316 g/mol. The highest BCUT2D eigenvalue weighted by Crippen LogP contribution is 2.25. The molecule has 1 heterocycles. The molecule has 0 saturated carbocycles. The van der Waals surface area contributed by atoms with Gasteiger partial charge in [-0.1, -0.05) is 18.2 Å². The standard InChI is InChI=1S/C17H20N2O4/c1-21-14-5-3-4-6-15(14)23-10-9-16(20)18-11-13-7-8-17(22-2)19-12-13/h3-8,12H,9-11H2,1-2H3,(H,18,20). The number of hydrogen-bond donors (Lipinski definition) is 1. The minimum absolute atomic E-state index is 0.0873. The van der Waals surface area contributed by atoms with Gasteiger partial charge in [0, 0.05) is 18.8 Å². The second-order valence-corrected chi connectivity index (χ2v) is 4.73. The SMILES string of the molecule is COc1ccc(CNC(=O)CCOc2ccccc2OC)cn1. The minimum atomic E-state index is -0.0873. The van der Waals surface area contributed by atoms with Gasteiger partial charge in [-0.2, -0.15) is 0 Å². The molecular weight excluding hydrogens is 296 g/mol. The number of ether oxygens (including phenoxy) is 3. The second kappa shape index (κ2) is 8.63. The number of benzene rings is 1. The monoisotopic (exact) mass is 316 g/mol. The first kappa shape index (κ1) is 16.6. The zero-order valence-electron chi connectivity index (χ0n) is 13.2. The lowest BCUT2D eigenvalue weighted by Gasteiger charge is -2.10. The molecule has 2 rings (SSSR count). The van der Waals surface area contributed by atoms with Crippen molar-refractivity contribution < 1.29 is 19.0 Å². The average Bonchev–Trinajstić information content (AvgIpc) is 2.61. The highest BCUT2D eigenvalue weighted by atomic mass is 16.5. The van der Waals surface area contributed by atoms with Crippen molar-refractivity contribution in [3.05, 3.63) is 48.2 Å². The van der Waals surface area contributed by atoms with Crippen molar-refractivity contribution >= 4 is 5.91 Å². The third-order valence-electron chi connectivity index (χ3n) is 3.15. The maximum atomic E-state index is 11.8. The molecule has 0 unspecified atom stereocenters. The Balaban J connectivity index is 1.72. The van der Waals surface area contributed by atoms with Crippen LogP contribution in [0.1, 0.15) is 12.0 Å². The van der Waals surface area contributed by atoms with Gasteiger partial charge in [0.1, 0.15) is 0 Å². The molecule has 0 aliphatic carbocycles. The van der Waals surface area contributed by atoms with Crippen molar-refractivity contribution in [1.29, 1.82) is 0 Å². The first-order valence-electron chi connectivity index (χ1n) is 7.24. The van der Waals surface area contributed by atoms with E-state index in [1.54, 1.807) is 32.5 Å². The van der Waals surface area contributed by atoms with Crippen molar-refractivity contribution in [2.75, 3.05) is 20.8 Å². The number of aromatic nitrogens is 1. The lowest BCUT2D eigenvalue weighted by molar-refractivity contribution is -0.121. The van der Waals surface area contributed by atoms with Gasteiger partial charge in [0.25, 0.3) is 0 Å². The quantitative estimate of drug-likeness (QED) is 0.808. The first-order valence-corrected chi connectivity index (χ1v) is 7.24. The van der Waals surface area contributed by atoms with Crippen molar-refractivity contribution in [2.45, 2.75) is 13.0 Å².